The van der Waals surface area contributed by atoms with E-state index in [1.807, 2.05) is 0 Å². The first kappa shape index (κ1) is 23.3. The van der Waals surface area contributed by atoms with Crippen LogP contribution in [0.3, 0.4) is 0 Å². The van der Waals surface area contributed by atoms with E-state index in [4.69, 9.17) is 4.42 Å². The molecule has 176 valence electrons. The molecular formula is C25H13BrF3NO4S. The van der Waals surface area contributed by atoms with E-state index in [9.17, 15) is 27.9 Å². The Balaban J connectivity index is 1.78. The zero-order valence-corrected chi connectivity index (χ0v) is 19.9. The number of fused-ring (bicyclic) bond motifs is 3. The predicted octanol–water partition coefficient (Wildman–Crippen LogP) is 6.19. The Hall–Kier alpha value is -3.50. The maximum Gasteiger partial charge on any atom is 0.354 e. The number of hydrogen-bond donors (Lipinski definition) is 1. The summed E-state index contributed by atoms with van der Waals surface area (Å²) in [4.78, 5) is 25.8. The average molecular weight is 560 g/mol. The highest BCUT2D eigenvalue weighted by Crippen LogP contribution is 2.38. The van der Waals surface area contributed by atoms with Gasteiger partial charge in [0, 0.05) is 20.8 Å². The van der Waals surface area contributed by atoms with Crippen LogP contribution >= 0.6 is 27.7 Å². The minimum atomic E-state index is -0.983. The molecule has 2 aromatic heterocycles. The van der Waals surface area contributed by atoms with Gasteiger partial charge in [-0.15, -0.1) is 0 Å². The van der Waals surface area contributed by atoms with E-state index < -0.39 is 39.3 Å². The third-order valence-corrected chi connectivity index (χ3v) is 6.98. The van der Waals surface area contributed by atoms with Crippen LogP contribution in [0.25, 0.3) is 21.9 Å². The van der Waals surface area contributed by atoms with Crippen molar-refractivity contribution in [2.75, 3.05) is 0 Å². The van der Waals surface area contributed by atoms with Gasteiger partial charge in [0.2, 0.25) is 0 Å². The van der Waals surface area contributed by atoms with Gasteiger partial charge < -0.3 is 14.1 Å². The Morgan fingerprint density at radius 2 is 1.66 bits per heavy atom. The Kier molecular flexibility index (Phi) is 5.94. The number of benzene rings is 3. The molecule has 0 spiro atoms. The van der Waals surface area contributed by atoms with Crippen LogP contribution in [0.2, 0.25) is 0 Å². The van der Waals surface area contributed by atoms with E-state index in [1.165, 1.54) is 28.8 Å². The van der Waals surface area contributed by atoms with Crippen LogP contribution in [-0.4, -0.2) is 9.67 Å². The number of aromatic nitrogens is 1. The van der Waals surface area contributed by atoms with Crippen LogP contribution in [0.15, 0.2) is 88.9 Å². The highest BCUT2D eigenvalue weighted by atomic mass is 79.9. The molecule has 0 unspecified atom stereocenters. The maximum absolute atomic E-state index is 14.2. The van der Waals surface area contributed by atoms with Crippen molar-refractivity contribution in [2.45, 2.75) is 16.3 Å². The minimum Gasteiger partial charge on any atom is -0.505 e. The smallest absolute Gasteiger partial charge is 0.354 e. The molecule has 0 aliphatic carbocycles. The third kappa shape index (κ3) is 4.23. The molecule has 0 radical (unpaired) electrons. The number of pyridine rings is 1. The van der Waals surface area contributed by atoms with Gasteiger partial charge in [-0.25, -0.2) is 18.0 Å². The zero-order valence-electron chi connectivity index (χ0n) is 17.5. The van der Waals surface area contributed by atoms with Crippen LogP contribution in [0.5, 0.6) is 5.75 Å². The Bertz CT molecular complexity index is 1750. The molecule has 0 fully saturated rings. The van der Waals surface area contributed by atoms with Gasteiger partial charge in [-0.05, 0) is 48.0 Å². The lowest BCUT2D eigenvalue weighted by Crippen LogP contribution is -2.23. The molecule has 0 saturated carbocycles. The first-order chi connectivity index (χ1) is 16.7. The van der Waals surface area contributed by atoms with Crippen LogP contribution in [0, 0.1) is 17.5 Å². The van der Waals surface area contributed by atoms with Crippen LogP contribution in [-0.2, 0) is 6.54 Å². The molecule has 5 nitrogen and oxygen atoms in total. The summed E-state index contributed by atoms with van der Waals surface area (Å²) in [6, 6.07) is 13.3. The van der Waals surface area contributed by atoms with E-state index in [0.717, 1.165) is 12.1 Å². The van der Waals surface area contributed by atoms with Crippen molar-refractivity contribution < 1.29 is 22.7 Å². The molecule has 5 rings (SSSR count). The van der Waals surface area contributed by atoms with Gasteiger partial charge in [0.15, 0.2) is 11.3 Å². The first-order valence-corrected chi connectivity index (χ1v) is 11.7. The van der Waals surface area contributed by atoms with Crippen LogP contribution < -0.4 is 11.2 Å². The Labute approximate surface area is 207 Å². The van der Waals surface area contributed by atoms with Crippen molar-refractivity contribution in [1.82, 2.24) is 4.57 Å². The van der Waals surface area contributed by atoms with E-state index >= 15 is 0 Å². The standard InChI is InChI=1S/C25H13BrF3NO4S/c26-13-3-7-16-18(9-13)30(11-12-1-4-14(27)5-2-12)24(32)20-21(31)23(25(33)34-22(16)20)35-19-8-6-15(28)10-17(19)29/h1-10,31H,11H2. The van der Waals surface area contributed by atoms with Gasteiger partial charge in [0.05, 0.1) is 12.1 Å². The molecule has 2 heterocycles. The summed E-state index contributed by atoms with van der Waals surface area (Å²) in [7, 11) is 0. The average Bonchev–Trinajstić information content (AvgIpc) is 2.81. The zero-order chi connectivity index (χ0) is 24.9. The van der Waals surface area contributed by atoms with Crippen molar-refractivity contribution in [1.29, 1.82) is 0 Å². The second-order valence-electron chi connectivity index (χ2n) is 7.63. The van der Waals surface area contributed by atoms with Crippen LogP contribution in [0.4, 0.5) is 13.2 Å². The number of hydrogen-bond acceptors (Lipinski definition) is 5. The van der Waals surface area contributed by atoms with Gasteiger partial charge in [0.1, 0.15) is 27.7 Å². The molecule has 3 aromatic carbocycles. The highest BCUT2D eigenvalue weighted by Gasteiger charge is 2.23. The molecule has 10 heteroatoms. The van der Waals surface area contributed by atoms with Gasteiger partial charge in [0.25, 0.3) is 5.56 Å². The van der Waals surface area contributed by atoms with Crippen molar-refractivity contribution in [3.8, 4) is 5.75 Å². The fourth-order valence-corrected chi connectivity index (χ4v) is 4.93. The number of aromatic hydroxyl groups is 1. The Morgan fingerprint density at radius 1 is 0.943 bits per heavy atom. The molecule has 0 aliphatic heterocycles. The molecule has 0 saturated heterocycles. The molecule has 0 amide bonds. The quantitative estimate of drug-likeness (QED) is 0.266. The molecule has 1 N–H and O–H groups in total. The predicted molar refractivity (Wildman–Crippen MR) is 130 cm³/mol. The molecule has 0 atom stereocenters. The molecule has 0 bridgehead atoms. The first-order valence-electron chi connectivity index (χ1n) is 10.1. The number of nitrogens with zero attached hydrogens (tertiary/aromatic N) is 1. The highest BCUT2D eigenvalue weighted by molar-refractivity contribution is 9.10. The topological polar surface area (TPSA) is 72.4 Å². The summed E-state index contributed by atoms with van der Waals surface area (Å²) in [6.45, 7) is 0.0373. The monoisotopic (exact) mass is 559 g/mol. The molecular weight excluding hydrogens is 547 g/mol. The van der Waals surface area contributed by atoms with E-state index in [0.29, 0.717) is 38.8 Å². The van der Waals surface area contributed by atoms with Gasteiger partial charge in [-0.3, -0.25) is 4.79 Å². The molecule has 5 aromatic rings. The summed E-state index contributed by atoms with van der Waals surface area (Å²) in [5.74, 6) is -2.84. The summed E-state index contributed by atoms with van der Waals surface area (Å²) in [6.07, 6.45) is 0. The fraction of sp³-hybridized carbons (Fsp3) is 0.0400. The number of rotatable bonds is 4. The fourth-order valence-electron chi connectivity index (χ4n) is 3.75. The lowest BCUT2D eigenvalue weighted by molar-refractivity contribution is 0.446. The second kappa shape index (κ2) is 8.94. The summed E-state index contributed by atoms with van der Waals surface area (Å²) >= 11 is 3.89. The second-order valence-corrected chi connectivity index (χ2v) is 9.60. The van der Waals surface area contributed by atoms with Crippen molar-refractivity contribution >= 4 is 49.6 Å². The van der Waals surface area contributed by atoms with E-state index in [2.05, 4.69) is 15.9 Å². The normalized spacial score (nSPS) is 11.4. The summed E-state index contributed by atoms with van der Waals surface area (Å²) < 4.78 is 48.3. The van der Waals surface area contributed by atoms with Gasteiger partial charge >= 0.3 is 5.63 Å². The van der Waals surface area contributed by atoms with Gasteiger partial charge in [-0.1, -0.05) is 39.8 Å². The maximum atomic E-state index is 14.2. The van der Waals surface area contributed by atoms with Crippen LogP contribution in [0.1, 0.15) is 5.56 Å². The molecule has 35 heavy (non-hydrogen) atoms. The number of halogens is 4. The third-order valence-electron chi connectivity index (χ3n) is 5.37. The van der Waals surface area contributed by atoms with E-state index in [1.54, 1.807) is 18.2 Å². The lowest BCUT2D eigenvalue weighted by Gasteiger charge is -2.14. The Morgan fingerprint density at radius 3 is 2.37 bits per heavy atom. The minimum absolute atomic E-state index is 0.0373. The van der Waals surface area contributed by atoms with Crippen molar-refractivity contribution in [3.63, 3.8) is 0 Å². The summed E-state index contributed by atoms with van der Waals surface area (Å²) in [5.41, 5.74) is -0.747. The largest absolute Gasteiger partial charge is 0.505 e. The van der Waals surface area contributed by atoms with Gasteiger partial charge in [-0.2, -0.15) is 0 Å². The van der Waals surface area contributed by atoms with Crippen molar-refractivity contribution in [2.24, 2.45) is 0 Å². The molecule has 0 aliphatic rings. The summed E-state index contributed by atoms with van der Waals surface area (Å²) in [5, 5.41) is 11.1. The van der Waals surface area contributed by atoms with E-state index in [-0.39, 0.29) is 22.4 Å². The lowest BCUT2D eigenvalue weighted by atomic mass is 10.1. The SMILES string of the molecule is O=c1oc2c(c(O)c1Sc1ccc(F)cc1F)c(=O)n(Cc1ccc(F)cc1)c1cc(Br)ccc21. The van der Waals surface area contributed by atoms with Crippen molar-refractivity contribution in [3.05, 3.63) is 109 Å².